The maximum Gasteiger partial charge on any atom is 0.0951 e. The maximum absolute atomic E-state index is 6.24. The Morgan fingerprint density at radius 2 is 2.05 bits per heavy atom. The lowest BCUT2D eigenvalue weighted by Gasteiger charge is -2.16. The highest BCUT2D eigenvalue weighted by atomic mass is 15.1. The van der Waals surface area contributed by atoms with Crippen molar-refractivity contribution in [2.45, 2.75) is 39.8 Å². The molecule has 102 valence electrons. The fraction of sp³-hybridized carbons (Fsp3) is 0.467. The van der Waals surface area contributed by atoms with E-state index in [2.05, 4.69) is 34.4 Å². The van der Waals surface area contributed by atoms with Crippen LogP contribution in [0.3, 0.4) is 0 Å². The molecular weight excluding hydrogens is 236 g/mol. The fourth-order valence-electron chi connectivity index (χ4n) is 2.19. The molecule has 0 bridgehead atoms. The predicted molar refractivity (Wildman–Crippen MR) is 76.7 cm³/mol. The van der Waals surface area contributed by atoms with E-state index in [4.69, 9.17) is 5.73 Å². The van der Waals surface area contributed by atoms with E-state index in [1.807, 2.05) is 31.7 Å². The average Bonchev–Trinajstić information content (AvgIpc) is 2.79. The minimum atomic E-state index is 0.0425. The van der Waals surface area contributed by atoms with Crippen molar-refractivity contribution >= 4 is 0 Å². The van der Waals surface area contributed by atoms with Crippen molar-refractivity contribution in [3.05, 3.63) is 47.8 Å². The Morgan fingerprint density at radius 3 is 2.68 bits per heavy atom. The zero-order chi connectivity index (χ0) is 13.8. The molecule has 1 unspecified atom stereocenters. The van der Waals surface area contributed by atoms with E-state index >= 15 is 0 Å². The highest BCUT2D eigenvalue weighted by Gasteiger charge is 2.13. The SMILES string of the molecule is Cc1ccc(Cn2cncc2C(N)CC(C)C)cn1. The minimum absolute atomic E-state index is 0.0425. The van der Waals surface area contributed by atoms with Crippen LogP contribution in [0.1, 0.15) is 43.3 Å². The van der Waals surface area contributed by atoms with Crippen LogP contribution >= 0.6 is 0 Å². The van der Waals surface area contributed by atoms with Crippen LogP contribution in [0.2, 0.25) is 0 Å². The lowest BCUT2D eigenvalue weighted by molar-refractivity contribution is 0.488. The van der Waals surface area contributed by atoms with Gasteiger partial charge >= 0.3 is 0 Å². The molecule has 4 heteroatoms. The third-order valence-corrected chi connectivity index (χ3v) is 3.18. The van der Waals surface area contributed by atoms with E-state index in [1.165, 1.54) is 5.56 Å². The molecule has 2 aromatic heterocycles. The van der Waals surface area contributed by atoms with Gasteiger partial charge in [0, 0.05) is 24.1 Å². The molecule has 2 rings (SSSR count). The van der Waals surface area contributed by atoms with Crippen LogP contribution < -0.4 is 5.73 Å². The first kappa shape index (κ1) is 13.7. The average molecular weight is 258 g/mol. The molecule has 2 heterocycles. The van der Waals surface area contributed by atoms with Gasteiger partial charge in [-0.15, -0.1) is 0 Å². The first-order chi connectivity index (χ1) is 9.06. The monoisotopic (exact) mass is 258 g/mol. The topological polar surface area (TPSA) is 56.7 Å². The van der Waals surface area contributed by atoms with Crippen LogP contribution in [-0.2, 0) is 6.54 Å². The standard InChI is InChI=1S/C15H22N4/c1-11(2)6-14(16)15-8-17-10-19(15)9-13-5-4-12(3)18-7-13/h4-5,7-8,10-11,14H,6,9,16H2,1-3H3. The molecule has 1 atom stereocenters. The van der Waals surface area contributed by atoms with Crippen molar-refractivity contribution in [2.24, 2.45) is 11.7 Å². The predicted octanol–water partition coefficient (Wildman–Crippen LogP) is 2.68. The molecule has 0 aliphatic rings. The summed E-state index contributed by atoms with van der Waals surface area (Å²) in [6.45, 7) is 7.13. The third kappa shape index (κ3) is 3.64. The quantitative estimate of drug-likeness (QED) is 0.897. The Kier molecular flexibility index (Phi) is 4.32. The summed E-state index contributed by atoms with van der Waals surface area (Å²) in [6, 6.07) is 4.17. The molecule has 0 aliphatic heterocycles. The molecule has 0 aliphatic carbocycles. The number of imidazole rings is 1. The second kappa shape index (κ2) is 5.97. The molecule has 4 nitrogen and oxygen atoms in total. The lowest BCUT2D eigenvalue weighted by Crippen LogP contribution is -2.17. The largest absolute Gasteiger partial charge is 0.329 e. The third-order valence-electron chi connectivity index (χ3n) is 3.18. The van der Waals surface area contributed by atoms with E-state index in [-0.39, 0.29) is 6.04 Å². The number of rotatable bonds is 5. The van der Waals surface area contributed by atoms with Gasteiger partial charge in [0.2, 0.25) is 0 Å². The maximum atomic E-state index is 6.24. The van der Waals surface area contributed by atoms with Crippen LogP contribution in [-0.4, -0.2) is 14.5 Å². The van der Waals surface area contributed by atoms with E-state index in [9.17, 15) is 0 Å². The van der Waals surface area contributed by atoms with E-state index in [0.29, 0.717) is 5.92 Å². The van der Waals surface area contributed by atoms with Crippen LogP contribution in [0.15, 0.2) is 30.9 Å². The smallest absolute Gasteiger partial charge is 0.0951 e. The number of hydrogen-bond acceptors (Lipinski definition) is 3. The van der Waals surface area contributed by atoms with Crippen molar-refractivity contribution in [1.82, 2.24) is 14.5 Å². The van der Waals surface area contributed by atoms with Gasteiger partial charge in [0.1, 0.15) is 0 Å². The molecule has 0 saturated heterocycles. The van der Waals surface area contributed by atoms with Gasteiger partial charge in [0.25, 0.3) is 0 Å². The van der Waals surface area contributed by atoms with Crippen molar-refractivity contribution in [3.8, 4) is 0 Å². The zero-order valence-corrected chi connectivity index (χ0v) is 11.9. The molecule has 0 amide bonds. The molecule has 2 N–H and O–H groups in total. The lowest BCUT2D eigenvalue weighted by atomic mass is 10.0. The summed E-state index contributed by atoms with van der Waals surface area (Å²) in [5, 5.41) is 0. The summed E-state index contributed by atoms with van der Waals surface area (Å²) in [6.07, 6.45) is 6.59. The number of aryl methyl sites for hydroxylation is 1. The highest BCUT2D eigenvalue weighted by molar-refractivity contribution is 5.15. The minimum Gasteiger partial charge on any atom is -0.329 e. The molecule has 0 spiro atoms. The Morgan fingerprint density at radius 1 is 1.26 bits per heavy atom. The summed E-state index contributed by atoms with van der Waals surface area (Å²) in [7, 11) is 0. The van der Waals surface area contributed by atoms with E-state index in [0.717, 1.165) is 24.4 Å². The molecule has 19 heavy (non-hydrogen) atoms. The van der Waals surface area contributed by atoms with Crippen molar-refractivity contribution in [2.75, 3.05) is 0 Å². The number of nitrogens with two attached hydrogens (primary N) is 1. The van der Waals surface area contributed by atoms with E-state index < -0.39 is 0 Å². The van der Waals surface area contributed by atoms with Gasteiger partial charge in [-0.3, -0.25) is 4.98 Å². The Labute approximate surface area is 114 Å². The molecule has 0 aromatic carbocycles. The van der Waals surface area contributed by atoms with E-state index in [1.54, 1.807) is 0 Å². The second-order valence-electron chi connectivity index (χ2n) is 5.49. The van der Waals surface area contributed by atoms with Crippen LogP contribution in [0, 0.1) is 12.8 Å². The summed E-state index contributed by atoms with van der Waals surface area (Å²) in [4.78, 5) is 8.54. The van der Waals surface area contributed by atoms with Crippen molar-refractivity contribution < 1.29 is 0 Å². The van der Waals surface area contributed by atoms with Gasteiger partial charge in [-0.2, -0.15) is 0 Å². The fourth-order valence-corrected chi connectivity index (χ4v) is 2.19. The molecule has 2 aromatic rings. The van der Waals surface area contributed by atoms with Gasteiger partial charge in [-0.25, -0.2) is 4.98 Å². The molecule has 0 radical (unpaired) electrons. The van der Waals surface area contributed by atoms with Crippen LogP contribution in [0.5, 0.6) is 0 Å². The normalized spacial score (nSPS) is 12.9. The summed E-state index contributed by atoms with van der Waals surface area (Å²) in [5.74, 6) is 0.583. The summed E-state index contributed by atoms with van der Waals surface area (Å²) in [5.41, 5.74) is 9.54. The summed E-state index contributed by atoms with van der Waals surface area (Å²) < 4.78 is 2.11. The number of aromatic nitrogens is 3. The molecule has 0 fully saturated rings. The van der Waals surface area contributed by atoms with Crippen LogP contribution in [0.25, 0.3) is 0 Å². The molecular formula is C15H22N4. The number of pyridine rings is 1. The first-order valence-electron chi connectivity index (χ1n) is 6.73. The number of nitrogens with zero attached hydrogens (tertiary/aromatic N) is 3. The first-order valence-corrected chi connectivity index (χ1v) is 6.73. The van der Waals surface area contributed by atoms with Gasteiger partial charge in [0.15, 0.2) is 0 Å². The Bertz CT molecular complexity index is 513. The Balaban J connectivity index is 2.13. The van der Waals surface area contributed by atoms with Gasteiger partial charge in [-0.1, -0.05) is 19.9 Å². The highest BCUT2D eigenvalue weighted by Crippen LogP contribution is 2.19. The molecule has 0 saturated carbocycles. The van der Waals surface area contributed by atoms with Gasteiger partial charge in [-0.05, 0) is 30.9 Å². The zero-order valence-electron chi connectivity index (χ0n) is 11.9. The van der Waals surface area contributed by atoms with Crippen molar-refractivity contribution in [1.29, 1.82) is 0 Å². The Hall–Kier alpha value is -1.68. The van der Waals surface area contributed by atoms with Crippen molar-refractivity contribution in [3.63, 3.8) is 0 Å². The van der Waals surface area contributed by atoms with Crippen LogP contribution in [0.4, 0.5) is 0 Å². The summed E-state index contributed by atoms with van der Waals surface area (Å²) >= 11 is 0. The number of hydrogen-bond donors (Lipinski definition) is 1. The van der Waals surface area contributed by atoms with Gasteiger partial charge < -0.3 is 10.3 Å². The van der Waals surface area contributed by atoms with Gasteiger partial charge in [0.05, 0.1) is 18.6 Å². The second-order valence-corrected chi connectivity index (χ2v) is 5.49.